The fourth-order valence-electron chi connectivity index (χ4n) is 2.77. The molecule has 0 fully saturated rings. The van der Waals surface area contributed by atoms with Gasteiger partial charge in [0, 0.05) is 10.9 Å². The normalized spacial score (nSPS) is 10.7. The molecule has 1 heterocycles. The van der Waals surface area contributed by atoms with Crippen molar-refractivity contribution in [3.8, 4) is 11.5 Å². The van der Waals surface area contributed by atoms with Crippen molar-refractivity contribution in [2.45, 2.75) is 12.8 Å². The van der Waals surface area contributed by atoms with Crippen LogP contribution in [0, 0.1) is 0 Å². The maximum Gasteiger partial charge on any atom is 0.343 e. The molecular weight excluding hydrogens is 428 g/mol. The summed E-state index contributed by atoms with van der Waals surface area (Å²) in [7, 11) is 3.05. The van der Waals surface area contributed by atoms with Gasteiger partial charge in [0.15, 0.2) is 11.5 Å². The molecule has 7 heteroatoms. The number of fused-ring (bicyclic) bond motifs is 1. The molecule has 0 unspecified atom stereocenters. The number of aryl methyl sites for hydroxylation is 1. The first-order valence-corrected chi connectivity index (χ1v) is 9.42. The lowest BCUT2D eigenvalue weighted by molar-refractivity contribution is 0.0499. The van der Waals surface area contributed by atoms with E-state index in [9.17, 15) is 9.59 Å². The van der Waals surface area contributed by atoms with Crippen molar-refractivity contribution in [2.24, 2.45) is 0 Å². The maximum atomic E-state index is 12.3. The molecular formula is C21H19BrO6. The Morgan fingerprint density at radius 1 is 1.04 bits per heavy atom. The summed E-state index contributed by atoms with van der Waals surface area (Å²) in [5.74, 6) is 1.14. The Kier molecular flexibility index (Phi) is 6.36. The molecule has 0 radical (unpaired) electrons. The Bertz CT molecular complexity index is 1040. The highest BCUT2D eigenvalue weighted by molar-refractivity contribution is 9.10. The van der Waals surface area contributed by atoms with Gasteiger partial charge in [-0.1, -0.05) is 15.9 Å². The molecule has 3 aromatic rings. The van der Waals surface area contributed by atoms with Gasteiger partial charge in [0.2, 0.25) is 0 Å². The summed E-state index contributed by atoms with van der Waals surface area (Å²) in [4.78, 5) is 24.3. The summed E-state index contributed by atoms with van der Waals surface area (Å²) in [6, 6.07) is 12.1. The third-order valence-electron chi connectivity index (χ3n) is 4.20. The number of benzene rings is 2. The Hall–Kier alpha value is -2.80. The summed E-state index contributed by atoms with van der Waals surface area (Å²) < 4.78 is 22.0. The number of methoxy groups -OCH3 is 2. The van der Waals surface area contributed by atoms with Crippen molar-refractivity contribution < 1.29 is 23.4 Å². The second kappa shape index (κ2) is 8.93. The zero-order chi connectivity index (χ0) is 20.1. The lowest BCUT2D eigenvalue weighted by atomic mass is 10.1. The summed E-state index contributed by atoms with van der Waals surface area (Å²) >= 11 is 3.32. The lowest BCUT2D eigenvalue weighted by Crippen LogP contribution is -2.08. The first-order valence-electron chi connectivity index (χ1n) is 8.63. The van der Waals surface area contributed by atoms with Crippen molar-refractivity contribution in [2.75, 3.05) is 20.8 Å². The number of esters is 1. The van der Waals surface area contributed by atoms with Gasteiger partial charge < -0.3 is 18.6 Å². The predicted molar refractivity (Wildman–Crippen MR) is 108 cm³/mol. The fourth-order valence-corrected chi connectivity index (χ4v) is 3.04. The topological polar surface area (TPSA) is 75.0 Å². The molecule has 0 atom stereocenters. The van der Waals surface area contributed by atoms with E-state index in [1.165, 1.54) is 14.2 Å². The summed E-state index contributed by atoms with van der Waals surface area (Å²) in [6.45, 7) is 0.225. The maximum absolute atomic E-state index is 12.3. The van der Waals surface area contributed by atoms with E-state index >= 15 is 0 Å². The van der Waals surface area contributed by atoms with E-state index in [4.69, 9.17) is 18.6 Å². The van der Waals surface area contributed by atoms with Crippen LogP contribution in [0.25, 0.3) is 10.8 Å². The Morgan fingerprint density at radius 2 is 1.71 bits per heavy atom. The van der Waals surface area contributed by atoms with Gasteiger partial charge in [-0.2, -0.15) is 0 Å². The number of hydrogen-bond acceptors (Lipinski definition) is 6. The number of hydrogen-bond donors (Lipinski definition) is 0. The molecule has 0 bridgehead atoms. The average molecular weight is 447 g/mol. The predicted octanol–water partition coefficient (Wildman–Crippen LogP) is 4.36. The van der Waals surface area contributed by atoms with Gasteiger partial charge in [0.25, 0.3) is 0 Å². The van der Waals surface area contributed by atoms with Crippen LogP contribution < -0.4 is 15.1 Å². The standard InChI is InChI=1S/C21H19BrO6/c1-25-18-11-14-10-16(28-21(24)17(14)12-19(18)26-2)4-3-9-27-20(23)13-5-7-15(22)8-6-13/h5-8,10-12H,3-4,9H2,1-2H3. The van der Waals surface area contributed by atoms with Crippen LogP contribution in [0.4, 0.5) is 0 Å². The zero-order valence-corrected chi connectivity index (χ0v) is 17.1. The van der Waals surface area contributed by atoms with Crippen molar-refractivity contribution in [1.82, 2.24) is 0 Å². The molecule has 28 heavy (non-hydrogen) atoms. The van der Waals surface area contributed by atoms with E-state index < -0.39 is 5.63 Å². The Morgan fingerprint density at radius 3 is 2.39 bits per heavy atom. The van der Waals surface area contributed by atoms with Crippen LogP contribution in [0.5, 0.6) is 11.5 Å². The average Bonchev–Trinajstić information content (AvgIpc) is 2.70. The summed E-state index contributed by atoms with van der Waals surface area (Å²) in [6.07, 6.45) is 0.997. The highest BCUT2D eigenvalue weighted by atomic mass is 79.9. The molecule has 0 aliphatic carbocycles. The van der Waals surface area contributed by atoms with Crippen LogP contribution in [-0.4, -0.2) is 26.8 Å². The first kappa shape index (κ1) is 19.9. The van der Waals surface area contributed by atoms with Crippen LogP contribution in [0.15, 0.2) is 56.1 Å². The van der Waals surface area contributed by atoms with E-state index in [1.54, 1.807) is 42.5 Å². The quantitative estimate of drug-likeness (QED) is 0.396. The second-order valence-electron chi connectivity index (χ2n) is 6.04. The minimum atomic E-state index is -0.444. The Balaban J connectivity index is 1.65. The van der Waals surface area contributed by atoms with Crippen molar-refractivity contribution >= 4 is 32.7 Å². The van der Waals surface area contributed by atoms with Gasteiger partial charge in [-0.3, -0.25) is 0 Å². The lowest BCUT2D eigenvalue weighted by Gasteiger charge is -2.09. The number of rotatable bonds is 7. The van der Waals surface area contributed by atoms with E-state index in [0.29, 0.717) is 46.4 Å². The molecule has 0 spiro atoms. The molecule has 0 N–H and O–H groups in total. The third-order valence-corrected chi connectivity index (χ3v) is 4.73. The van der Waals surface area contributed by atoms with Gasteiger partial charge in [-0.25, -0.2) is 9.59 Å². The molecule has 2 aromatic carbocycles. The van der Waals surface area contributed by atoms with Crippen LogP contribution in [0.2, 0.25) is 0 Å². The number of carbonyl (C=O) groups is 1. The van der Waals surface area contributed by atoms with Crippen LogP contribution in [0.3, 0.4) is 0 Å². The minimum Gasteiger partial charge on any atom is -0.493 e. The smallest absolute Gasteiger partial charge is 0.343 e. The van der Waals surface area contributed by atoms with Gasteiger partial charge >= 0.3 is 11.6 Å². The fraction of sp³-hybridized carbons (Fsp3) is 0.238. The van der Waals surface area contributed by atoms with Gasteiger partial charge in [-0.15, -0.1) is 0 Å². The molecule has 0 saturated carbocycles. The minimum absolute atomic E-state index is 0.225. The number of halogens is 1. The van der Waals surface area contributed by atoms with Crippen molar-refractivity contribution in [3.63, 3.8) is 0 Å². The van der Waals surface area contributed by atoms with E-state index in [-0.39, 0.29) is 12.6 Å². The molecule has 0 aliphatic rings. The highest BCUT2D eigenvalue weighted by Gasteiger charge is 2.12. The molecule has 0 amide bonds. The van der Waals surface area contributed by atoms with Crippen LogP contribution >= 0.6 is 15.9 Å². The van der Waals surface area contributed by atoms with Crippen molar-refractivity contribution in [3.05, 3.63) is 68.7 Å². The summed E-state index contributed by atoms with van der Waals surface area (Å²) in [5, 5.41) is 1.12. The summed E-state index contributed by atoms with van der Waals surface area (Å²) in [5.41, 5.74) is 0.0433. The zero-order valence-electron chi connectivity index (χ0n) is 15.5. The first-order chi connectivity index (χ1) is 13.5. The second-order valence-corrected chi connectivity index (χ2v) is 6.96. The molecule has 0 saturated heterocycles. The van der Waals surface area contributed by atoms with Gasteiger partial charge in [-0.05, 0) is 54.3 Å². The van der Waals surface area contributed by atoms with Gasteiger partial charge in [0.05, 0.1) is 31.8 Å². The number of ether oxygens (including phenoxy) is 3. The van der Waals surface area contributed by atoms with E-state index in [1.807, 2.05) is 0 Å². The molecule has 146 valence electrons. The molecule has 1 aromatic heterocycles. The van der Waals surface area contributed by atoms with Crippen molar-refractivity contribution in [1.29, 1.82) is 0 Å². The van der Waals surface area contributed by atoms with Gasteiger partial charge in [0.1, 0.15) is 5.76 Å². The molecule has 3 rings (SSSR count). The highest BCUT2D eigenvalue weighted by Crippen LogP contribution is 2.31. The Labute approximate surface area is 170 Å². The van der Waals surface area contributed by atoms with E-state index in [0.717, 1.165) is 4.47 Å². The monoisotopic (exact) mass is 446 g/mol. The third kappa shape index (κ3) is 4.54. The molecule has 6 nitrogen and oxygen atoms in total. The van der Waals surface area contributed by atoms with E-state index in [2.05, 4.69) is 15.9 Å². The largest absolute Gasteiger partial charge is 0.493 e. The SMILES string of the molecule is COc1cc2cc(CCCOC(=O)c3ccc(Br)cc3)oc(=O)c2cc1OC. The number of carbonyl (C=O) groups excluding carboxylic acids is 1. The van der Waals surface area contributed by atoms with Crippen LogP contribution in [0.1, 0.15) is 22.5 Å². The molecule has 0 aliphatic heterocycles. The van der Waals surface area contributed by atoms with Crippen LogP contribution in [-0.2, 0) is 11.2 Å².